The first-order valence-electron chi connectivity index (χ1n) is 5.58. The molecule has 1 N–H and O–H groups in total. The van der Waals surface area contributed by atoms with E-state index < -0.39 is 0 Å². The van der Waals surface area contributed by atoms with E-state index in [4.69, 9.17) is 21.7 Å². The van der Waals surface area contributed by atoms with Crippen LogP contribution in [0.15, 0.2) is 36.4 Å². The average molecular weight is 248 g/mol. The van der Waals surface area contributed by atoms with Crippen LogP contribution in [0, 0.1) is 5.41 Å². The van der Waals surface area contributed by atoms with Gasteiger partial charge in [0.25, 0.3) is 0 Å². The third kappa shape index (κ3) is 2.59. The van der Waals surface area contributed by atoms with Crippen molar-refractivity contribution in [3.8, 4) is 0 Å². The smallest absolute Gasteiger partial charge is 0.184 e. The second-order valence-corrected chi connectivity index (χ2v) is 4.17. The van der Waals surface area contributed by atoms with Crippen LogP contribution in [0.1, 0.15) is 12.5 Å². The predicted molar refractivity (Wildman–Crippen MR) is 72.0 cm³/mol. The Morgan fingerprint density at radius 3 is 2.76 bits per heavy atom. The number of fused-ring (bicyclic) bond motifs is 1. The van der Waals surface area contributed by atoms with Crippen molar-refractivity contribution < 1.29 is 4.74 Å². The summed E-state index contributed by atoms with van der Waals surface area (Å²) in [5.74, 6) is 0.254. The molecule has 0 unspecified atom stereocenters. The largest absolute Gasteiger partial charge is 0.481 e. The van der Waals surface area contributed by atoms with Crippen LogP contribution < -0.4 is 0 Å². The van der Waals surface area contributed by atoms with Crippen LogP contribution in [0.4, 0.5) is 0 Å². The number of hydrogen-bond acceptors (Lipinski definition) is 2. The molecule has 0 fully saturated rings. The molecule has 2 aromatic carbocycles. The van der Waals surface area contributed by atoms with Gasteiger partial charge in [-0.1, -0.05) is 48.0 Å². The van der Waals surface area contributed by atoms with Gasteiger partial charge in [-0.3, -0.25) is 5.41 Å². The summed E-state index contributed by atoms with van der Waals surface area (Å²) in [6.45, 7) is 2.39. The first kappa shape index (κ1) is 11.9. The van der Waals surface area contributed by atoms with E-state index in [1.54, 1.807) is 0 Å². The van der Waals surface area contributed by atoms with Gasteiger partial charge in [0.2, 0.25) is 0 Å². The number of halogens is 1. The molecule has 88 valence electrons. The highest BCUT2D eigenvalue weighted by Crippen LogP contribution is 2.27. The van der Waals surface area contributed by atoms with Crippen LogP contribution in [0.2, 0.25) is 5.02 Å². The number of nitrogens with one attached hydrogen (secondary N) is 1. The lowest BCUT2D eigenvalue weighted by Crippen LogP contribution is -2.06. The molecule has 2 aromatic rings. The van der Waals surface area contributed by atoms with Gasteiger partial charge in [-0.25, -0.2) is 0 Å². The molecule has 0 amide bonds. The molecule has 0 aromatic heterocycles. The number of rotatable bonds is 3. The SMILES string of the molecule is CCOC(=N)Cc1ccc2ccccc2c1Cl. The van der Waals surface area contributed by atoms with Crippen molar-refractivity contribution in [1.82, 2.24) is 0 Å². The molecule has 0 spiro atoms. The lowest BCUT2D eigenvalue weighted by molar-refractivity contribution is 0.317. The average Bonchev–Trinajstić information content (AvgIpc) is 2.33. The zero-order chi connectivity index (χ0) is 12.3. The Labute approximate surface area is 106 Å². The molecule has 0 atom stereocenters. The van der Waals surface area contributed by atoms with Gasteiger partial charge in [0.05, 0.1) is 11.6 Å². The van der Waals surface area contributed by atoms with E-state index in [2.05, 4.69) is 0 Å². The highest BCUT2D eigenvalue weighted by atomic mass is 35.5. The standard InChI is InChI=1S/C14H14ClNO/c1-2-17-13(16)9-11-8-7-10-5-3-4-6-12(10)14(11)15/h3-8,16H,2,9H2,1H3. The predicted octanol–water partition coefficient (Wildman–Crippen LogP) is 4.05. The fourth-order valence-electron chi connectivity index (χ4n) is 1.81. The van der Waals surface area contributed by atoms with E-state index in [-0.39, 0.29) is 5.90 Å². The maximum absolute atomic E-state index is 7.65. The van der Waals surface area contributed by atoms with Crippen LogP contribution in [0.3, 0.4) is 0 Å². The molecule has 2 rings (SSSR count). The molecular weight excluding hydrogens is 234 g/mol. The van der Waals surface area contributed by atoms with Crippen LogP contribution in [0.5, 0.6) is 0 Å². The van der Waals surface area contributed by atoms with E-state index in [1.807, 2.05) is 43.3 Å². The van der Waals surface area contributed by atoms with Crippen molar-refractivity contribution >= 4 is 28.3 Å². The van der Waals surface area contributed by atoms with Crippen molar-refractivity contribution in [3.63, 3.8) is 0 Å². The Kier molecular flexibility index (Phi) is 3.64. The molecule has 0 aliphatic carbocycles. The van der Waals surface area contributed by atoms with Gasteiger partial charge >= 0.3 is 0 Å². The van der Waals surface area contributed by atoms with Gasteiger partial charge in [0, 0.05) is 11.8 Å². The van der Waals surface area contributed by atoms with E-state index in [0.717, 1.165) is 16.3 Å². The zero-order valence-corrected chi connectivity index (χ0v) is 10.4. The third-order valence-electron chi connectivity index (χ3n) is 2.61. The zero-order valence-electron chi connectivity index (χ0n) is 9.66. The van der Waals surface area contributed by atoms with Gasteiger partial charge in [-0.05, 0) is 17.9 Å². The maximum atomic E-state index is 7.65. The Morgan fingerprint density at radius 1 is 1.24 bits per heavy atom. The molecular formula is C14H14ClNO. The summed E-state index contributed by atoms with van der Waals surface area (Å²) in [6.07, 6.45) is 0.442. The van der Waals surface area contributed by atoms with E-state index in [1.165, 1.54) is 0 Å². The molecule has 0 saturated carbocycles. The fourth-order valence-corrected chi connectivity index (χ4v) is 2.12. The van der Waals surface area contributed by atoms with E-state index in [9.17, 15) is 0 Å². The molecule has 0 bridgehead atoms. The van der Waals surface area contributed by atoms with Gasteiger partial charge in [-0.15, -0.1) is 0 Å². The Hall–Kier alpha value is -1.54. The fraction of sp³-hybridized carbons (Fsp3) is 0.214. The van der Waals surface area contributed by atoms with Crippen LogP contribution in [0.25, 0.3) is 10.8 Å². The van der Waals surface area contributed by atoms with Crippen molar-refractivity contribution in [2.75, 3.05) is 6.61 Å². The summed E-state index contributed by atoms with van der Waals surface area (Å²) >= 11 is 6.33. The van der Waals surface area contributed by atoms with Gasteiger partial charge in [0.1, 0.15) is 0 Å². The van der Waals surface area contributed by atoms with E-state index >= 15 is 0 Å². The van der Waals surface area contributed by atoms with Crippen LogP contribution in [-0.4, -0.2) is 12.5 Å². The summed E-state index contributed by atoms with van der Waals surface area (Å²) < 4.78 is 5.14. The normalized spacial score (nSPS) is 10.5. The van der Waals surface area contributed by atoms with Crippen molar-refractivity contribution in [3.05, 3.63) is 47.0 Å². The van der Waals surface area contributed by atoms with Gasteiger partial charge in [0.15, 0.2) is 5.90 Å². The third-order valence-corrected chi connectivity index (χ3v) is 3.06. The first-order chi connectivity index (χ1) is 8.22. The molecule has 0 aliphatic heterocycles. The second kappa shape index (κ2) is 5.19. The molecule has 2 nitrogen and oxygen atoms in total. The lowest BCUT2D eigenvalue weighted by Gasteiger charge is -2.09. The van der Waals surface area contributed by atoms with Crippen molar-refractivity contribution in [2.24, 2.45) is 0 Å². The lowest BCUT2D eigenvalue weighted by atomic mass is 10.0. The summed E-state index contributed by atoms with van der Waals surface area (Å²) in [6, 6.07) is 11.9. The molecule has 3 heteroatoms. The molecule has 0 radical (unpaired) electrons. The molecule has 0 saturated heterocycles. The monoisotopic (exact) mass is 247 g/mol. The van der Waals surface area contributed by atoms with E-state index in [0.29, 0.717) is 18.1 Å². The number of hydrogen-bond donors (Lipinski definition) is 1. The Balaban J connectivity index is 2.36. The minimum absolute atomic E-state index is 0.254. The summed E-state index contributed by atoms with van der Waals surface area (Å²) in [5.41, 5.74) is 0.934. The number of ether oxygens (including phenoxy) is 1. The molecule has 17 heavy (non-hydrogen) atoms. The summed E-state index contributed by atoms with van der Waals surface area (Å²) in [5, 5.41) is 10.5. The first-order valence-corrected chi connectivity index (χ1v) is 5.96. The summed E-state index contributed by atoms with van der Waals surface area (Å²) in [7, 11) is 0. The van der Waals surface area contributed by atoms with Gasteiger partial charge in [-0.2, -0.15) is 0 Å². The Bertz CT molecular complexity index is 551. The quantitative estimate of drug-likeness (QED) is 0.644. The van der Waals surface area contributed by atoms with Gasteiger partial charge < -0.3 is 4.74 Å². The second-order valence-electron chi connectivity index (χ2n) is 3.79. The molecule has 0 heterocycles. The molecule has 0 aliphatic rings. The maximum Gasteiger partial charge on any atom is 0.184 e. The van der Waals surface area contributed by atoms with Crippen LogP contribution >= 0.6 is 11.6 Å². The van der Waals surface area contributed by atoms with Crippen molar-refractivity contribution in [2.45, 2.75) is 13.3 Å². The summed E-state index contributed by atoms with van der Waals surface area (Å²) in [4.78, 5) is 0. The topological polar surface area (TPSA) is 33.1 Å². The van der Waals surface area contributed by atoms with Crippen LogP contribution in [-0.2, 0) is 11.2 Å². The van der Waals surface area contributed by atoms with Crippen molar-refractivity contribution in [1.29, 1.82) is 5.41 Å². The minimum atomic E-state index is 0.254. The minimum Gasteiger partial charge on any atom is -0.481 e. The highest BCUT2D eigenvalue weighted by molar-refractivity contribution is 6.36. The highest BCUT2D eigenvalue weighted by Gasteiger charge is 2.07. The Morgan fingerprint density at radius 2 is 2.00 bits per heavy atom. The number of benzene rings is 2.